The highest BCUT2D eigenvalue weighted by molar-refractivity contribution is 9.10. The molecule has 6 heteroatoms. The molecule has 94 valence electrons. The lowest BCUT2D eigenvalue weighted by Crippen LogP contribution is -1.97. The minimum Gasteiger partial charge on any atom is -0.438 e. The maximum atomic E-state index is 8.82. The van der Waals surface area contributed by atoms with Crippen LogP contribution in [0.3, 0.4) is 0 Å². The minimum atomic E-state index is 0.133. The van der Waals surface area contributed by atoms with Crippen molar-refractivity contribution in [3.8, 4) is 11.6 Å². The lowest BCUT2D eigenvalue weighted by atomic mass is 10.1. The third-order valence-corrected chi connectivity index (χ3v) is 3.07. The molecule has 0 spiro atoms. The van der Waals surface area contributed by atoms with Gasteiger partial charge in [0.2, 0.25) is 5.88 Å². The van der Waals surface area contributed by atoms with Crippen molar-refractivity contribution in [2.75, 3.05) is 12.3 Å². The van der Waals surface area contributed by atoms with Crippen LogP contribution in [-0.4, -0.2) is 21.7 Å². The molecule has 0 radical (unpaired) electrons. The maximum absolute atomic E-state index is 8.82. The smallest absolute Gasteiger partial charge is 0.238 e. The van der Waals surface area contributed by atoms with Crippen molar-refractivity contribution in [2.45, 2.75) is 6.42 Å². The number of anilines is 1. The Labute approximate surface area is 113 Å². The first-order valence-electron chi connectivity index (χ1n) is 5.34. The molecule has 3 N–H and O–H groups in total. The molecule has 0 fully saturated rings. The van der Waals surface area contributed by atoms with Gasteiger partial charge in [0.25, 0.3) is 0 Å². The predicted molar refractivity (Wildman–Crippen MR) is 71.5 cm³/mol. The summed E-state index contributed by atoms with van der Waals surface area (Å²) in [4.78, 5) is 7.82. The topological polar surface area (TPSA) is 81.3 Å². The van der Waals surface area contributed by atoms with Gasteiger partial charge in [0, 0.05) is 6.61 Å². The standard InChI is InChI=1S/C12H12BrN3O2/c13-10-11(14)15-7-16-12(10)18-9-3-1-8(2-4-9)5-6-17/h1-4,7,17H,5-6H2,(H2,14,15,16). The van der Waals surface area contributed by atoms with E-state index >= 15 is 0 Å². The molecule has 1 aromatic carbocycles. The van der Waals surface area contributed by atoms with Crippen LogP contribution in [0.5, 0.6) is 11.6 Å². The van der Waals surface area contributed by atoms with Gasteiger partial charge in [-0.1, -0.05) is 12.1 Å². The number of nitrogen functional groups attached to an aromatic ring is 1. The second kappa shape index (κ2) is 5.79. The number of nitrogens with zero attached hydrogens (tertiary/aromatic N) is 2. The zero-order valence-electron chi connectivity index (χ0n) is 9.51. The van der Waals surface area contributed by atoms with Gasteiger partial charge in [-0.05, 0) is 40.0 Å². The Bertz CT molecular complexity index is 531. The third-order valence-electron chi connectivity index (χ3n) is 2.32. The summed E-state index contributed by atoms with van der Waals surface area (Å²) in [5.41, 5.74) is 6.68. The summed E-state index contributed by atoms with van der Waals surface area (Å²) in [6, 6.07) is 7.42. The maximum Gasteiger partial charge on any atom is 0.238 e. The van der Waals surface area contributed by atoms with Gasteiger partial charge in [0.05, 0.1) is 0 Å². The van der Waals surface area contributed by atoms with Crippen molar-refractivity contribution < 1.29 is 9.84 Å². The molecule has 0 amide bonds. The van der Waals surface area contributed by atoms with Crippen LogP contribution >= 0.6 is 15.9 Å². The van der Waals surface area contributed by atoms with Gasteiger partial charge in [-0.15, -0.1) is 0 Å². The quantitative estimate of drug-likeness (QED) is 0.904. The second-order valence-corrected chi connectivity index (χ2v) is 4.39. The van der Waals surface area contributed by atoms with Gasteiger partial charge in [-0.3, -0.25) is 0 Å². The van der Waals surface area contributed by atoms with Crippen LogP contribution in [0.2, 0.25) is 0 Å². The molecule has 5 nitrogen and oxygen atoms in total. The van der Waals surface area contributed by atoms with E-state index in [9.17, 15) is 0 Å². The summed E-state index contributed by atoms with van der Waals surface area (Å²) in [6.45, 7) is 0.133. The molecule has 0 saturated heterocycles. The van der Waals surface area contributed by atoms with Gasteiger partial charge in [0.1, 0.15) is 22.4 Å². The summed E-state index contributed by atoms with van der Waals surface area (Å²) in [5.74, 6) is 1.35. The van der Waals surface area contributed by atoms with E-state index in [0.717, 1.165) is 5.56 Å². The van der Waals surface area contributed by atoms with Gasteiger partial charge in [0.15, 0.2) is 0 Å². The Kier molecular flexibility index (Phi) is 4.11. The van der Waals surface area contributed by atoms with Crippen LogP contribution in [0.4, 0.5) is 5.82 Å². The van der Waals surface area contributed by atoms with Crippen LogP contribution in [0.1, 0.15) is 5.56 Å². The number of benzene rings is 1. The fourth-order valence-electron chi connectivity index (χ4n) is 1.40. The summed E-state index contributed by atoms with van der Waals surface area (Å²) in [5, 5.41) is 8.82. The van der Waals surface area contributed by atoms with E-state index in [2.05, 4.69) is 25.9 Å². The summed E-state index contributed by atoms with van der Waals surface area (Å²) in [7, 11) is 0. The third kappa shape index (κ3) is 2.96. The molecule has 0 aliphatic rings. The molecule has 2 aromatic rings. The molecular weight excluding hydrogens is 298 g/mol. The van der Waals surface area contributed by atoms with Gasteiger partial charge >= 0.3 is 0 Å². The highest BCUT2D eigenvalue weighted by Gasteiger charge is 2.08. The number of aliphatic hydroxyl groups is 1. The number of aliphatic hydroxyl groups excluding tert-OH is 1. The van der Waals surface area contributed by atoms with E-state index < -0.39 is 0 Å². The Morgan fingerprint density at radius 1 is 1.22 bits per heavy atom. The zero-order chi connectivity index (χ0) is 13.0. The first kappa shape index (κ1) is 12.8. The molecule has 0 saturated carbocycles. The van der Waals surface area contributed by atoms with Gasteiger partial charge in [-0.25, -0.2) is 9.97 Å². The van der Waals surface area contributed by atoms with E-state index in [-0.39, 0.29) is 6.61 Å². The van der Waals surface area contributed by atoms with E-state index in [1.54, 1.807) is 0 Å². The number of aromatic nitrogens is 2. The average molecular weight is 310 g/mol. The molecule has 0 aliphatic heterocycles. The molecule has 18 heavy (non-hydrogen) atoms. The predicted octanol–water partition coefficient (Wildman–Crippen LogP) is 2.15. The van der Waals surface area contributed by atoms with Crippen LogP contribution in [0.15, 0.2) is 35.1 Å². The Morgan fingerprint density at radius 2 is 1.94 bits per heavy atom. The fraction of sp³-hybridized carbons (Fsp3) is 0.167. The lowest BCUT2D eigenvalue weighted by Gasteiger charge is -2.07. The first-order valence-corrected chi connectivity index (χ1v) is 6.13. The van der Waals surface area contributed by atoms with Crippen molar-refractivity contribution in [1.82, 2.24) is 9.97 Å². The van der Waals surface area contributed by atoms with Crippen LogP contribution in [0.25, 0.3) is 0 Å². The first-order chi connectivity index (χ1) is 8.70. The minimum absolute atomic E-state index is 0.133. The molecule has 0 unspecified atom stereocenters. The molecule has 0 bridgehead atoms. The number of ether oxygens (including phenoxy) is 1. The van der Waals surface area contributed by atoms with Crippen molar-refractivity contribution in [3.05, 3.63) is 40.6 Å². The molecule has 2 rings (SSSR count). The monoisotopic (exact) mass is 309 g/mol. The molecule has 0 atom stereocenters. The number of rotatable bonds is 4. The molecule has 1 aromatic heterocycles. The SMILES string of the molecule is Nc1ncnc(Oc2ccc(CCO)cc2)c1Br. The average Bonchev–Trinajstić information content (AvgIpc) is 2.38. The summed E-state index contributed by atoms with van der Waals surface area (Å²) in [6.07, 6.45) is 1.97. The number of halogens is 1. The van der Waals surface area contributed by atoms with Crippen molar-refractivity contribution in [2.24, 2.45) is 0 Å². The summed E-state index contributed by atoms with van der Waals surface area (Å²) >= 11 is 3.27. The largest absolute Gasteiger partial charge is 0.438 e. The highest BCUT2D eigenvalue weighted by atomic mass is 79.9. The van der Waals surface area contributed by atoms with E-state index in [0.29, 0.717) is 28.3 Å². The number of nitrogens with two attached hydrogens (primary N) is 1. The zero-order valence-corrected chi connectivity index (χ0v) is 11.1. The van der Waals surface area contributed by atoms with Gasteiger partial charge < -0.3 is 15.6 Å². The Balaban J connectivity index is 2.16. The van der Waals surface area contributed by atoms with Crippen molar-refractivity contribution >= 4 is 21.7 Å². The van der Waals surface area contributed by atoms with Crippen molar-refractivity contribution in [3.63, 3.8) is 0 Å². The van der Waals surface area contributed by atoms with Crippen molar-refractivity contribution in [1.29, 1.82) is 0 Å². The second-order valence-electron chi connectivity index (χ2n) is 3.60. The fourth-order valence-corrected chi connectivity index (χ4v) is 1.69. The summed E-state index contributed by atoms with van der Waals surface area (Å²) < 4.78 is 6.11. The Hall–Kier alpha value is -1.66. The highest BCUT2D eigenvalue weighted by Crippen LogP contribution is 2.30. The molecular formula is C12H12BrN3O2. The molecule has 0 aliphatic carbocycles. The Morgan fingerprint density at radius 3 is 2.61 bits per heavy atom. The van der Waals surface area contributed by atoms with Crippen LogP contribution in [0, 0.1) is 0 Å². The molecule has 1 heterocycles. The van der Waals surface area contributed by atoms with E-state index in [1.165, 1.54) is 6.33 Å². The normalized spacial score (nSPS) is 10.3. The van der Waals surface area contributed by atoms with Gasteiger partial charge in [-0.2, -0.15) is 0 Å². The number of hydrogen-bond acceptors (Lipinski definition) is 5. The van der Waals surface area contributed by atoms with E-state index in [4.69, 9.17) is 15.6 Å². The van der Waals surface area contributed by atoms with Crippen LogP contribution in [-0.2, 0) is 6.42 Å². The number of hydrogen-bond donors (Lipinski definition) is 2. The lowest BCUT2D eigenvalue weighted by molar-refractivity contribution is 0.299. The van der Waals surface area contributed by atoms with E-state index in [1.807, 2.05) is 24.3 Å². The van der Waals surface area contributed by atoms with Crippen LogP contribution < -0.4 is 10.5 Å².